The lowest BCUT2D eigenvalue weighted by Crippen LogP contribution is -2.28. The number of hydrogen-bond donors (Lipinski definition) is 3. The number of hydroxylamine groups is 1. The number of aromatic nitrogens is 1. The molecule has 0 unspecified atom stereocenters. The lowest BCUT2D eigenvalue weighted by Gasteiger charge is -2.12. The zero-order valence-electron chi connectivity index (χ0n) is 17.0. The molecule has 0 spiro atoms. The van der Waals surface area contributed by atoms with E-state index in [1.54, 1.807) is 37.4 Å². The van der Waals surface area contributed by atoms with Crippen molar-refractivity contribution in [3.8, 4) is 11.5 Å². The molecule has 0 fully saturated rings. The lowest BCUT2D eigenvalue weighted by molar-refractivity contribution is 0.0941. The lowest BCUT2D eigenvalue weighted by atomic mass is 10.1. The number of fused-ring (bicyclic) bond motifs is 1. The number of para-hydroxylation sites is 1. The van der Waals surface area contributed by atoms with Crippen LogP contribution >= 0.6 is 12.2 Å². The summed E-state index contributed by atoms with van der Waals surface area (Å²) < 4.78 is 16.4. The molecule has 0 saturated heterocycles. The van der Waals surface area contributed by atoms with Crippen LogP contribution in [0.5, 0.6) is 11.5 Å². The Balaban J connectivity index is 1.58. The summed E-state index contributed by atoms with van der Waals surface area (Å²) in [5.74, 6) is 0.886. The fourth-order valence-corrected chi connectivity index (χ4v) is 2.94. The van der Waals surface area contributed by atoms with Crippen LogP contribution < -0.4 is 20.3 Å². The van der Waals surface area contributed by atoms with E-state index in [0.717, 1.165) is 5.39 Å². The molecule has 3 aromatic rings. The van der Waals surface area contributed by atoms with Crippen molar-refractivity contribution in [3.05, 3.63) is 65.9 Å². The molecule has 0 aliphatic carbocycles. The van der Waals surface area contributed by atoms with E-state index in [1.165, 1.54) is 0 Å². The van der Waals surface area contributed by atoms with E-state index in [9.17, 15) is 4.79 Å². The predicted octanol–water partition coefficient (Wildman–Crippen LogP) is 2.72. The van der Waals surface area contributed by atoms with Crippen molar-refractivity contribution in [2.45, 2.75) is 0 Å². The summed E-state index contributed by atoms with van der Waals surface area (Å²) in [5, 5.41) is 12.5. The Labute approximate surface area is 185 Å². The number of carbonyl (C=O) groups excluding carboxylic acids is 1. The van der Waals surface area contributed by atoms with Gasteiger partial charge in [-0.2, -0.15) is 0 Å². The van der Waals surface area contributed by atoms with Crippen LogP contribution in [0.15, 0.2) is 54.6 Å². The van der Waals surface area contributed by atoms with Gasteiger partial charge < -0.3 is 19.5 Å². The van der Waals surface area contributed by atoms with Gasteiger partial charge in [0.05, 0.1) is 18.7 Å². The SMILES string of the molecule is COCCOc1cc(C(=O)NCCOc2ccc(C(=S)NO)cc2)nc2ccccc12. The third-order valence-electron chi connectivity index (χ3n) is 4.33. The summed E-state index contributed by atoms with van der Waals surface area (Å²) in [7, 11) is 1.60. The number of nitrogens with one attached hydrogen (secondary N) is 2. The van der Waals surface area contributed by atoms with E-state index in [-0.39, 0.29) is 23.2 Å². The molecule has 3 N–H and O–H groups in total. The van der Waals surface area contributed by atoms with Gasteiger partial charge in [-0.05, 0) is 36.4 Å². The van der Waals surface area contributed by atoms with Crippen LogP contribution in [0.25, 0.3) is 10.9 Å². The Kier molecular flexibility index (Phi) is 8.11. The summed E-state index contributed by atoms with van der Waals surface area (Å²) in [6, 6.07) is 16.0. The number of hydrogen-bond acceptors (Lipinski definition) is 7. The third-order valence-corrected chi connectivity index (χ3v) is 4.66. The van der Waals surface area contributed by atoms with Crippen molar-refractivity contribution in [2.75, 3.05) is 33.5 Å². The Bertz CT molecular complexity index is 1040. The van der Waals surface area contributed by atoms with Crippen LogP contribution in [-0.2, 0) is 4.74 Å². The quantitative estimate of drug-likeness (QED) is 0.251. The van der Waals surface area contributed by atoms with Gasteiger partial charge in [0, 0.05) is 24.1 Å². The molecule has 3 rings (SSSR count). The van der Waals surface area contributed by atoms with Crippen molar-refractivity contribution in [3.63, 3.8) is 0 Å². The van der Waals surface area contributed by atoms with E-state index in [0.29, 0.717) is 42.3 Å². The molecule has 1 heterocycles. The van der Waals surface area contributed by atoms with Gasteiger partial charge in [-0.3, -0.25) is 15.5 Å². The first-order valence-electron chi connectivity index (χ1n) is 9.59. The van der Waals surface area contributed by atoms with Gasteiger partial charge in [0.2, 0.25) is 0 Å². The molecule has 0 saturated carbocycles. The van der Waals surface area contributed by atoms with Crippen molar-refractivity contribution in [2.24, 2.45) is 0 Å². The highest BCUT2D eigenvalue weighted by Gasteiger charge is 2.13. The maximum atomic E-state index is 12.6. The van der Waals surface area contributed by atoms with E-state index >= 15 is 0 Å². The van der Waals surface area contributed by atoms with Gasteiger partial charge in [-0.25, -0.2) is 4.98 Å². The summed E-state index contributed by atoms with van der Waals surface area (Å²) in [6.45, 7) is 1.39. The van der Waals surface area contributed by atoms with Crippen LogP contribution in [0.2, 0.25) is 0 Å². The summed E-state index contributed by atoms with van der Waals surface area (Å²) in [5.41, 5.74) is 3.54. The second kappa shape index (κ2) is 11.2. The van der Waals surface area contributed by atoms with Crippen molar-refractivity contribution in [1.29, 1.82) is 0 Å². The number of amides is 1. The largest absolute Gasteiger partial charge is 0.492 e. The minimum absolute atomic E-state index is 0.229. The first-order valence-corrected chi connectivity index (χ1v) is 10.00. The fraction of sp³-hybridized carbons (Fsp3) is 0.227. The van der Waals surface area contributed by atoms with Crippen molar-refractivity contribution < 1.29 is 24.2 Å². The maximum absolute atomic E-state index is 12.6. The van der Waals surface area contributed by atoms with Crippen molar-refractivity contribution in [1.82, 2.24) is 15.8 Å². The minimum atomic E-state index is -0.319. The number of methoxy groups -OCH3 is 1. The monoisotopic (exact) mass is 441 g/mol. The Morgan fingerprint density at radius 1 is 1.06 bits per heavy atom. The number of thiocarbonyl (C=S) groups is 1. The van der Waals surface area contributed by atoms with E-state index in [2.05, 4.69) is 10.3 Å². The molecule has 8 nitrogen and oxygen atoms in total. The van der Waals surface area contributed by atoms with Crippen LogP contribution in [0.1, 0.15) is 16.1 Å². The average molecular weight is 442 g/mol. The maximum Gasteiger partial charge on any atom is 0.270 e. The molecular formula is C22H23N3O5S. The van der Waals surface area contributed by atoms with Gasteiger partial charge in [0.1, 0.15) is 35.4 Å². The summed E-state index contributed by atoms with van der Waals surface area (Å²) in [6.07, 6.45) is 0. The number of benzene rings is 2. The number of ether oxygens (including phenoxy) is 3. The van der Waals surface area contributed by atoms with E-state index in [4.69, 9.17) is 31.6 Å². The summed E-state index contributed by atoms with van der Waals surface area (Å²) in [4.78, 5) is 17.2. The molecule has 0 aliphatic heterocycles. The zero-order chi connectivity index (χ0) is 22.1. The van der Waals surface area contributed by atoms with Gasteiger partial charge in [-0.15, -0.1) is 0 Å². The molecular weight excluding hydrogens is 418 g/mol. The van der Waals surface area contributed by atoms with Gasteiger partial charge in [-0.1, -0.05) is 24.4 Å². The molecule has 0 aliphatic rings. The average Bonchev–Trinajstić information content (AvgIpc) is 2.81. The Morgan fingerprint density at radius 3 is 2.58 bits per heavy atom. The molecule has 9 heteroatoms. The number of pyridine rings is 1. The van der Waals surface area contributed by atoms with Gasteiger partial charge in [0.15, 0.2) is 0 Å². The number of carbonyl (C=O) groups is 1. The van der Waals surface area contributed by atoms with Crippen LogP contribution in [0, 0.1) is 0 Å². The molecule has 0 atom stereocenters. The summed E-state index contributed by atoms with van der Waals surface area (Å²) >= 11 is 4.94. The smallest absolute Gasteiger partial charge is 0.270 e. The Morgan fingerprint density at radius 2 is 1.84 bits per heavy atom. The second-order valence-corrected chi connectivity index (χ2v) is 6.84. The van der Waals surface area contributed by atoms with Crippen LogP contribution in [-0.4, -0.2) is 54.6 Å². The zero-order valence-corrected chi connectivity index (χ0v) is 17.8. The van der Waals surface area contributed by atoms with Gasteiger partial charge in [0.25, 0.3) is 5.91 Å². The predicted molar refractivity (Wildman–Crippen MR) is 120 cm³/mol. The topological polar surface area (TPSA) is 102 Å². The standard InChI is InChI=1S/C22H23N3O5S/c1-28-12-13-30-20-14-19(24-18-5-3-2-4-17(18)20)21(26)23-10-11-29-16-8-6-15(7-9-16)22(31)25-27/h2-9,14,27H,10-13H2,1H3,(H,23,26)(H,25,31). The third kappa shape index (κ3) is 6.11. The van der Waals surface area contributed by atoms with Crippen LogP contribution in [0.4, 0.5) is 0 Å². The molecule has 0 radical (unpaired) electrons. The first-order chi connectivity index (χ1) is 15.1. The highest BCUT2D eigenvalue weighted by Crippen LogP contribution is 2.25. The molecule has 31 heavy (non-hydrogen) atoms. The molecule has 162 valence electrons. The molecule has 0 bridgehead atoms. The highest BCUT2D eigenvalue weighted by atomic mass is 32.1. The van der Waals surface area contributed by atoms with Gasteiger partial charge >= 0.3 is 0 Å². The van der Waals surface area contributed by atoms with E-state index in [1.807, 2.05) is 29.7 Å². The molecule has 2 aromatic carbocycles. The van der Waals surface area contributed by atoms with E-state index < -0.39 is 0 Å². The minimum Gasteiger partial charge on any atom is -0.492 e. The highest BCUT2D eigenvalue weighted by molar-refractivity contribution is 7.80. The fourth-order valence-electron chi connectivity index (χ4n) is 2.81. The Hall–Kier alpha value is -3.27. The molecule has 1 aromatic heterocycles. The number of nitrogens with zero attached hydrogens (tertiary/aromatic N) is 1. The number of rotatable bonds is 10. The molecule has 1 amide bonds. The normalized spacial score (nSPS) is 10.5. The first kappa shape index (κ1) is 22.4. The second-order valence-electron chi connectivity index (χ2n) is 6.43. The van der Waals surface area contributed by atoms with Crippen LogP contribution in [0.3, 0.4) is 0 Å². The van der Waals surface area contributed by atoms with Crippen molar-refractivity contribution >= 4 is 34.0 Å².